The Labute approximate surface area is 120 Å². The first-order chi connectivity index (χ1) is 9.41. The first-order valence-electron chi connectivity index (χ1n) is 6.88. The van der Waals surface area contributed by atoms with Gasteiger partial charge in [-0.2, -0.15) is 0 Å². The van der Waals surface area contributed by atoms with E-state index in [0.717, 1.165) is 12.8 Å². The van der Waals surface area contributed by atoms with E-state index in [4.69, 9.17) is 10.5 Å². The molecule has 0 amide bonds. The van der Waals surface area contributed by atoms with Crippen molar-refractivity contribution in [1.82, 2.24) is 4.72 Å². The number of ether oxygens (including phenoxy) is 1. The van der Waals surface area contributed by atoms with Crippen LogP contribution in [0.3, 0.4) is 0 Å². The zero-order valence-corrected chi connectivity index (χ0v) is 12.7. The summed E-state index contributed by atoms with van der Waals surface area (Å²) >= 11 is 0. The molecule has 1 atom stereocenters. The Morgan fingerprint density at radius 2 is 1.95 bits per heavy atom. The number of rotatable bonds is 7. The first-order valence-corrected chi connectivity index (χ1v) is 8.36. The van der Waals surface area contributed by atoms with E-state index in [1.165, 1.54) is 0 Å². The Bertz CT molecular complexity index is 552. The number of nitrogens with one attached hydrogen (secondary N) is 1. The molecule has 1 unspecified atom stereocenters. The SMILES string of the molecule is CCOc1ccc(S(=O)(=O)NC(C)(CN)C2CC2)cc1. The summed E-state index contributed by atoms with van der Waals surface area (Å²) in [6.07, 6.45) is 2.05. The van der Waals surface area contributed by atoms with Gasteiger partial charge in [-0.15, -0.1) is 0 Å². The van der Waals surface area contributed by atoms with Gasteiger partial charge in [0.05, 0.1) is 11.5 Å². The van der Waals surface area contributed by atoms with Crippen LogP contribution < -0.4 is 15.2 Å². The Balaban J connectivity index is 2.17. The van der Waals surface area contributed by atoms with E-state index in [9.17, 15) is 8.42 Å². The molecule has 2 rings (SSSR count). The van der Waals surface area contributed by atoms with E-state index >= 15 is 0 Å². The van der Waals surface area contributed by atoms with E-state index in [1.54, 1.807) is 24.3 Å². The molecule has 1 fully saturated rings. The molecule has 0 aromatic heterocycles. The normalized spacial score (nSPS) is 18.6. The van der Waals surface area contributed by atoms with Crippen molar-refractivity contribution in [1.29, 1.82) is 0 Å². The van der Waals surface area contributed by atoms with Gasteiger partial charge in [0.15, 0.2) is 0 Å². The van der Waals surface area contributed by atoms with Crippen LogP contribution in [0.25, 0.3) is 0 Å². The summed E-state index contributed by atoms with van der Waals surface area (Å²) in [5, 5.41) is 0. The Morgan fingerprint density at radius 1 is 1.35 bits per heavy atom. The number of hydrogen-bond acceptors (Lipinski definition) is 4. The average molecular weight is 298 g/mol. The summed E-state index contributed by atoms with van der Waals surface area (Å²) in [6, 6.07) is 6.43. The van der Waals surface area contributed by atoms with Crippen molar-refractivity contribution in [3.8, 4) is 5.75 Å². The molecule has 20 heavy (non-hydrogen) atoms. The van der Waals surface area contributed by atoms with Crippen LogP contribution in [-0.2, 0) is 10.0 Å². The van der Waals surface area contributed by atoms with Gasteiger partial charge in [-0.05, 0) is 56.9 Å². The fraction of sp³-hybridized carbons (Fsp3) is 0.571. The maximum absolute atomic E-state index is 12.4. The second-order valence-electron chi connectivity index (χ2n) is 5.41. The van der Waals surface area contributed by atoms with E-state index in [1.807, 2.05) is 13.8 Å². The second-order valence-corrected chi connectivity index (χ2v) is 7.09. The van der Waals surface area contributed by atoms with Crippen LogP contribution in [0.4, 0.5) is 0 Å². The zero-order chi connectivity index (χ0) is 14.8. The highest BCUT2D eigenvalue weighted by molar-refractivity contribution is 7.89. The third kappa shape index (κ3) is 3.31. The van der Waals surface area contributed by atoms with Crippen molar-refractivity contribution in [3.05, 3.63) is 24.3 Å². The molecule has 1 saturated carbocycles. The molecule has 0 saturated heterocycles. The van der Waals surface area contributed by atoms with Gasteiger partial charge in [-0.1, -0.05) is 0 Å². The number of benzene rings is 1. The van der Waals surface area contributed by atoms with E-state index in [-0.39, 0.29) is 4.90 Å². The largest absolute Gasteiger partial charge is 0.494 e. The predicted octanol–water partition coefficient (Wildman–Crippen LogP) is 1.49. The van der Waals surface area contributed by atoms with E-state index in [2.05, 4.69) is 4.72 Å². The summed E-state index contributed by atoms with van der Waals surface area (Å²) in [4.78, 5) is 0.237. The van der Waals surface area contributed by atoms with Crippen LogP contribution in [0.2, 0.25) is 0 Å². The minimum absolute atomic E-state index is 0.237. The van der Waals surface area contributed by atoms with Gasteiger partial charge in [-0.3, -0.25) is 0 Å². The highest BCUT2D eigenvalue weighted by Gasteiger charge is 2.43. The monoisotopic (exact) mass is 298 g/mol. The van der Waals surface area contributed by atoms with Crippen LogP contribution >= 0.6 is 0 Å². The molecule has 0 aliphatic heterocycles. The predicted molar refractivity (Wildman–Crippen MR) is 78.1 cm³/mol. The summed E-state index contributed by atoms with van der Waals surface area (Å²) in [5.41, 5.74) is 5.19. The third-order valence-electron chi connectivity index (χ3n) is 3.71. The topological polar surface area (TPSA) is 81.4 Å². The highest BCUT2D eigenvalue weighted by atomic mass is 32.2. The van der Waals surface area contributed by atoms with Crippen molar-refractivity contribution in [2.45, 2.75) is 37.1 Å². The molecule has 1 aromatic rings. The lowest BCUT2D eigenvalue weighted by Gasteiger charge is -2.29. The molecule has 0 bridgehead atoms. The van der Waals surface area contributed by atoms with E-state index in [0.29, 0.717) is 24.8 Å². The van der Waals surface area contributed by atoms with Gasteiger partial charge in [0.2, 0.25) is 10.0 Å². The van der Waals surface area contributed by atoms with Crippen LogP contribution in [0, 0.1) is 5.92 Å². The summed E-state index contributed by atoms with van der Waals surface area (Å²) in [6.45, 7) is 4.61. The quantitative estimate of drug-likeness (QED) is 0.799. The zero-order valence-electron chi connectivity index (χ0n) is 11.9. The molecule has 0 heterocycles. The molecular formula is C14H22N2O3S. The van der Waals surface area contributed by atoms with Crippen LogP contribution in [-0.4, -0.2) is 27.1 Å². The molecular weight excluding hydrogens is 276 g/mol. The van der Waals surface area contributed by atoms with Crippen LogP contribution in [0.5, 0.6) is 5.75 Å². The average Bonchev–Trinajstić information content (AvgIpc) is 3.24. The van der Waals surface area contributed by atoms with Crippen LogP contribution in [0.1, 0.15) is 26.7 Å². The number of hydrogen-bond donors (Lipinski definition) is 2. The summed E-state index contributed by atoms with van der Waals surface area (Å²) in [5.74, 6) is 1.00. The fourth-order valence-corrected chi connectivity index (χ4v) is 3.74. The lowest BCUT2D eigenvalue weighted by atomic mass is 9.98. The lowest BCUT2D eigenvalue weighted by Crippen LogP contribution is -2.52. The van der Waals surface area contributed by atoms with Gasteiger partial charge < -0.3 is 10.5 Å². The van der Waals surface area contributed by atoms with Gasteiger partial charge in [0.1, 0.15) is 5.75 Å². The second kappa shape index (κ2) is 5.71. The Morgan fingerprint density at radius 3 is 2.40 bits per heavy atom. The minimum Gasteiger partial charge on any atom is -0.494 e. The van der Waals surface area contributed by atoms with Crippen molar-refractivity contribution in [2.24, 2.45) is 11.7 Å². The molecule has 1 aliphatic carbocycles. The molecule has 6 heteroatoms. The van der Waals surface area contributed by atoms with Crippen molar-refractivity contribution < 1.29 is 13.2 Å². The van der Waals surface area contributed by atoms with Crippen molar-refractivity contribution in [2.75, 3.05) is 13.2 Å². The van der Waals surface area contributed by atoms with Gasteiger partial charge >= 0.3 is 0 Å². The van der Waals surface area contributed by atoms with E-state index < -0.39 is 15.6 Å². The van der Waals surface area contributed by atoms with Gasteiger partial charge in [0, 0.05) is 12.1 Å². The molecule has 5 nitrogen and oxygen atoms in total. The fourth-order valence-electron chi connectivity index (χ4n) is 2.26. The maximum Gasteiger partial charge on any atom is 0.241 e. The molecule has 0 radical (unpaired) electrons. The Kier molecular flexibility index (Phi) is 4.36. The van der Waals surface area contributed by atoms with Crippen LogP contribution in [0.15, 0.2) is 29.2 Å². The molecule has 112 valence electrons. The molecule has 1 aromatic carbocycles. The molecule has 0 spiro atoms. The maximum atomic E-state index is 12.4. The number of nitrogens with two attached hydrogens (primary N) is 1. The number of sulfonamides is 1. The minimum atomic E-state index is -3.55. The highest BCUT2D eigenvalue weighted by Crippen LogP contribution is 2.39. The Hall–Kier alpha value is -1.11. The van der Waals surface area contributed by atoms with Crippen molar-refractivity contribution in [3.63, 3.8) is 0 Å². The first kappa shape index (κ1) is 15.3. The van der Waals surface area contributed by atoms with Gasteiger partial charge in [0.25, 0.3) is 0 Å². The third-order valence-corrected chi connectivity index (χ3v) is 5.34. The smallest absolute Gasteiger partial charge is 0.241 e. The summed E-state index contributed by atoms with van der Waals surface area (Å²) in [7, 11) is -3.55. The molecule has 1 aliphatic rings. The molecule has 3 N–H and O–H groups in total. The summed E-state index contributed by atoms with van der Waals surface area (Å²) < 4.78 is 32.9. The van der Waals surface area contributed by atoms with Gasteiger partial charge in [-0.25, -0.2) is 13.1 Å². The standard InChI is InChI=1S/C14H22N2O3S/c1-3-19-12-6-8-13(9-7-12)20(17,18)16-14(2,10-15)11-4-5-11/h6-9,11,16H,3-5,10,15H2,1-2H3. The lowest BCUT2D eigenvalue weighted by molar-refractivity contribution is 0.340. The van der Waals surface area contributed by atoms with Crippen molar-refractivity contribution >= 4 is 10.0 Å².